The molecule has 1 amide bonds. The molecule has 2 N–H and O–H groups in total. The quantitative estimate of drug-likeness (QED) is 0.451. The van der Waals surface area contributed by atoms with Gasteiger partial charge in [-0.3, -0.25) is 9.52 Å². The molecule has 0 aliphatic rings. The average molecular weight is 473 g/mol. The Kier molecular flexibility index (Phi) is 7.43. The molecule has 0 aromatic heterocycles. The van der Waals surface area contributed by atoms with E-state index >= 15 is 0 Å². The smallest absolute Gasteiger partial charge is 0.261 e. The van der Waals surface area contributed by atoms with Crippen LogP contribution in [0.15, 0.2) is 65.6 Å². The molecule has 0 saturated carbocycles. The molecule has 0 heterocycles. The van der Waals surface area contributed by atoms with Gasteiger partial charge in [-0.1, -0.05) is 43.6 Å². The monoisotopic (exact) mass is 472 g/mol. The second-order valence-corrected chi connectivity index (χ2v) is 9.21. The first kappa shape index (κ1) is 23.6. The van der Waals surface area contributed by atoms with Gasteiger partial charge in [-0.25, -0.2) is 8.42 Å². The Balaban J connectivity index is 1.95. The number of methoxy groups -OCH3 is 1. The number of ether oxygens (including phenoxy) is 1. The number of benzene rings is 3. The molecular formula is C24H25ClN2O4S. The molecule has 8 heteroatoms. The van der Waals surface area contributed by atoms with Gasteiger partial charge in [0.25, 0.3) is 15.9 Å². The molecular weight excluding hydrogens is 448 g/mol. The molecule has 0 aliphatic heterocycles. The summed E-state index contributed by atoms with van der Waals surface area (Å²) in [4.78, 5) is 12.6. The van der Waals surface area contributed by atoms with Gasteiger partial charge < -0.3 is 10.1 Å². The van der Waals surface area contributed by atoms with Gasteiger partial charge in [0.05, 0.1) is 23.4 Å². The van der Waals surface area contributed by atoms with Gasteiger partial charge >= 0.3 is 0 Å². The van der Waals surface area contributed by atoms with Crippen LogP contribution in [0.2, 0.25) is 5.02 Å². The van der Waals surface area contributed by atoms with Crippen LogP contribution >= 0.6 is 11.6 Å². The molecule has 32 heavy (non-hydrogen) atoms. The highest BCUT2D eigenvalue weighted by Gasteiger charge is 2.20. The van der Waals surface area contributed by atoms with Crippen LogP contribution in [-0.4, -0.2) is 21.4 Å². The van der Waals surface area contributed by atoms with Crippen LogP contribution in [-0.2, 0) is 22.9 Å². The molecule has 3 rings (SSSR count). The number of carbonyl (C=O) groups is 1. The third-order valence-electron chi connectivity index (χ3n) is 5.07. The van der Waals surface area contributed by atoms with E-state index in [9.17, 15) is 13.2 Å². The zero-order valence-electron chi connectivity index (χ0n) is 18.1. The first-order valence-electron chi connectivity index (χ1n) is 10.2. The van der Waals surface area contributed by atoms with Crippen LogP contribution in [0.5, 0.6) is 5.75 Å². The second kappa shape index (κ2) is 10.1. The van der Waals surface area contributed by atoms with E-state index in [1.165, 1.54) is 25.3 Å². The molecule has 0 radical (unpaired) electrons. The molecule has 0 aliphatic carbocycles. The van der Waals surface area contributed by atoms with Crippen LogP contribution in [0, 0.1) is 0 Å². The normalized spacial score (nSPS) is 11.1. The Hall–Kier alpha value is -3.03. The number of aryl methyl sites for hydroxylation is 2. The molecule has 168 valence electrons. The van der Waals surface area contributed by atoms with Crippen LogP contribution in [0.25, 0.3) is 0 Å². The van der Waals surface area contributed by atoms with Crippen molar-refractivity contribution in [3.05, 3.63) is 82.4 Å². The Morgan fingerprint density at radius 3 is 2.16 bits per heavy atom. The van der Waals surface area contributed by atoms with Crippen molar-refractivity contribution in [2.75, 3.05) is 17.1 Å². The van der Waals surface area contributed by atoms with Crippen molar-refractivity contribution in [2.45, 2.75) is 31.6 Å². The maximum absolute atomic E-state index is 13.2. The van der Waals surface area contributed by atoms with Gasteiger partial charge in [0, 0.05) is 10.6 Å². The largest absolute Gasteiger partial charge is 0.495 e. The van der Waals surface area contributed by atoms with E-state index in [0.29, 0.717) is 34.9 Å². The number of para-hydroxylation sites is 1. The molecule has 0 atom stereocenters. The molecule has 0 spiro atoms. The lowest BCUT2D eigenvalue weighted by molar-refractivity contribution is 0.102. The van der Waals surface area contributed by atoms with Gasteiger partial charge in [-0.05, 0) is 66.4 Å². The summed E-state index contributed by atoms with van der Waals surface area (Å²) in [5, 5.41) is 3.23. The van der Waals surface area contributed by atoms with Gasteiger partial charge in [-0.15, -0.1) is 0 Å². The number of halogens is 1. The van der Waals surface area contributed by atoms with Gasteiger partial charge in [0.2, 0.25) is 0 Å². The number of anilines is 2. The van der Waals surface area contributed by atoms with Crippen molar-refractivity contribution in [1.82, 2.24) is 0 Å². The van der Waals surface area contributed by atoms with Gasteiger partial charge in [0.15, 0.2) is 0 Å². The highest BCUT2D eigenvalue weighted by molar-refractivity contribution is 7.92. The molecule has 6 nitrogen and oxygen atoms in total. The predicted molar refractivity (Wildman–Crippen MR) is 128 cm³/mol. The average Bonchev–Trinajstić information content (AvgIpc) is 2.79. The maximum Gasteiger partial charge on any atom is 0.261 e. The van der Waals surface area contributed by atoms with E-state index in [1.54, 1.807) is 24.3 Å². The van der Waals surface area contributed by atoms with E-state index in [4.69, 9.17) is 16.3 Å². The second-order valence-electron chi connectivity index (χ2n) is 7.09. The van der Waals surface area contributed by atoms with Gasteiger partial charge in [-0.2, -0.15) is 0 Å². The highest BCUT2D eigenvalue weighted by atomic mass is 35.5. The zero-order chi connectivity index (χ0) is 23.3. The number of hydrogen-bond donors (Lipinski definition) is 2. The molecule has 3 aromatic rings. The number of sulfonamides is 1. The minimum atomic E-state index is -3.91. The number of amides is 1. The summed E-state index contributed by atoms with van der Waals surface area (Å²) in [6, 6.07) is 16.5. The molecule has 0 fully saturated rings. The fourth-order valence-electron chi connectivity index (χ4n) is 3.31. The molecule has 0 unspecified atom stereocenters. The minimum Gasteiger partial charge on any atom is -0.495 e. The first-order chi connectivity index (χ1) is 15.3. The van der Waals surface area contributed by atoms with E-state index < -0.39 is 15.9 Å². The molecule has 3 aromatic carbocycles. The Morgan fingerprint density at radius 2 is 1.59 bits per heavy atom. The molecule has 0 bridgehead atoms. The summed E-state index contributed by atoms with van der Waals surface area (Å²) in [6.45, 7) is 3.95. The Labute approximate surface area is 193 Å². The Bertz CT molecular complexity index is 1200. The highest BCUT2D eigenvalue weighted by Crippen LogP contribution is 2.31. The van der Waals surface area contributed by atoms with Crippen molar-refractivity contribution < 1.29 is 17.9 Å². The summed E-state index contributed by atoms with van der Waals surface area (Å²) < 4.78 is 34.5. The van der Waals surface area contributed by atoms with E-state index in [1.807, 2.05) is 32.0 Å². The van der Waals surface area contributed by atoms with Crippen LogP contribution in [0.4, 0.5) is 11.4 Å². The number of carbonyl (C=O) groups excluding carboxylic acids is 1. The lowest BCUT2D eigenvalue weighted by Gasteiger charge is -2.17. The summed E-state index contributed by atoms with van der Waals surface area (Å²) in [5.74, 6) is -0.0680. The first-order valence-corrected chi connectivity index (χ1v) is 12.0. The molecule has 0 saturated heterocycles. The third-order valence-corrected chi connectivity index (χ3v) is 6.67. The fourth-order valence-corrected chi connectivity index (χ4v) is 4.61. The zero-order valence-corrected chi connectivity index (χ0v) is 19.7. The van der Waals surface area contributed by atoms with E-state index in [2.05, 4.69) is 10.0 Å². The topological polar surface area (TPSA) is 84.5 Å². The van der Waals surface area contributed by atoms with E-state index in [0.717, 1.165) is 11.1 Å². The van der Waals surface area contributed by atoms with Crippen molar-refractivity contribution >= 4 is 38.9 Å². The van der Waals surface area contributed by atoms with Crippen molar-refractivity contribution in [2.24, 2.45) is 0 Å². The number of hydrogen-bond acceptors (Lipinski definition) is 4. The lowest BCUT2D eigenvalue weighted by Crippen LogP contribution is -2.17. The van der Waals surface area contributed by atoms with Crippen molar-refractivity contribution in [1.29, 1.82) is 0 Å². The third kappa shape index (κ3) is 5.23. The number of rotatable bonds is 8. The fraction of sp³-hybridized carbons (Fsp3) is 0.208. The predicted octanol–water partition coefficient (Wildman–Crippen LogP) is 5.53. The van der Waals surface area contributed by atoms with E-state index in [-0.39, 0.29) is 10.6 Å². The van der Waals surface area contributed by atoms with Crippen LogP contribution in [0.1, 0.15) is 35.3 Å². The summed E-state index contributed by atoms with van der Waals surface area (Å²) in [6.07, 6.45) is 1.38. The SMILES string of the molecule is CCc1cccc(CC)c1NS(=O)(=O)c1ccc(OC)c(NC(=O)c2ccc(Cl)cc2)c1. The maximum atomic E-state index is 13.2. The van der Waals surface area contributed by atoms with Crippen LogP contribution < -0.4 is 14.8 Å². The van der Waals surface area contributed by atoms with Crippen molar-refractivity contribution in [3.63, 3.8) is 0 Å². The van der Waals surface area contributed by atoms with Crippen LogP contribution in [0.3, 0.4) is 0 Å². The van der Waals surface area contributed by atoms with Crippen molar-refractivity contribution in [3.8, 4) is 5.75 Å². The minimum absolute atomic E-state index is 0.0117. The lowest BCUT2D eigenvalue weighted by atomic mass is 10.0. The van der Waals surface area contributed by atoms with Gasteiger partial charge in [0.1, 0.15) is 5.75 Å². The number of nitrogens with one attached hydrogen (secondary N) is 2. The Morgan fingerprint density at radius 1 is 0.969 bits per heavy atom. The summed E-state index contributed by atoms with van der Waals surface area (Å²) >= 11 is 5.88. The standard InChI is InChI=1S/C24H25ClN2O4S/c1-4-16-7-6-8-17(5-2)23(16)27-32(29,30)20-13-14-22(31-3)21(15-20)26-24(28)18-9-11-19(25)12-10-18/h6-15,27H,4-5H2,1-3H3,(H,26,28). The summed E-state index contributed by atoms with van der Waals surface area (Å²) in [7, 11) is -2.46. The summed E-state index contributed by atoms with van der Waals surface area (Å²) in [5.41, 5.74) is 3.05.